The first-order valence-corrected chi connectivity index (χ1v) is 13.3. The molecule has 0 bridgehead atoms. The number of carbonyl (C=O) groups excluding carboxylic acids is 1. The molecule has 190 valence electrons. The van der Waals surface area contributed by atoms with E-state index in [0.717, 1.165) is 6.42 Å². The number of benzene rings is 4. The van der Waals surface area contributed by atoms with Crippen molar-refractivity contribution < 1.29 is 22.7 Å². The van der Waals surface area contributed by atoms with Crippen LogP contribution in [0.1, 0.15) is 22.8 Å². The van der Waals surface area contributed by atoms with E-state index >= 15 is 0 Å². The number of rotatable bonds is 11. The Labute approximate surface area is 217 Å². The van der Waals surface area contributed by atoms with E-state index in [2.05, 4.69) is 22.2 Å². The highest BCUT2D eigenvalue weighted by Gasteiger charge is 2.15. The third-order valence-electron chi connectivity index (χ3n) is 5.46. The molecule has 4 rings (SSSR count). The third kappa shape index (κ3) is 7.35. The van der Waals surface area contributed by atoms with Crippen molar-refractivity contribution in [1.82, 2.24) is 0 Å². The highest BCUT2D eigenvalue weighted by atomic mass is 32.2. The topological polar surface area (TPSA) is 93.7 Å². The molecule has 0 aromatic heterocycles. The van der Waals surface area contributed by atoms with Crippen LogP contribution in [0.5, 0.6) is 11.5 Å². The number of hydrogen-bond acceptors (Lipinski definition) is 5. The summed E-state index contributed by atoms with van der Waals surface area (Å²) >= 11 is 0. The van der Waals surface area contributed by atoms with Crippen molar-refractivity contribution in [2.45, 2.75) is 18.2 Å². The molecule has 8 heteroatoms. The minimum atomic E-state index is -3.78. The summed E-state index contributed by atoms with van der Waals surface area (Å²) in [7, 11) is -3.78. The van der Waals surface area contributed by atoms with Crippen LogP contribution < -0.4 is 19.5 Å². The number of amides is 1. The van der Waals surface area contributed by atoms with E-state index in [9.17, 15) is 13.2 Å². The molecule has 37 heavy (non-hydrogen) atoms. The van der Waals surface area contributed by atoms with Gasteiger partial charge in [-0.25, -0.2) is 8.42 Å². The molecule has 0 atom stereocenters. The lowest BCUT2D eigenvalue weighted by molar-refractivity contribution is 0.102. The SMILES string of the molecule is CCOc1ccc(NS(=O)(=O)c2ccc(NC(=O)c3ccc(OCCc4ccccc4)cc3)cc2)cc1. The van der Waals surface area contributed by atoms with Gasteiger partial charge in [-0.05, 0) is 85.3 Å². The summed E-state index contributed by atoms with van der Waals surface area (Å²) in [4.78, 5) is 12.7. The Morgan fingerprint density at radius 3 is 1.97 bits per heavy atom. The molecular formula is C29H28N2O5S. The maximum Gasteiger partial charge on any atom is 0.261 e. The lowest BCUT2D eigenvalue weighted by atomic mass is 10.2. The van der Waals surface area contributed by atoms with E-state index in [1.54, 1.807) is 60.7 Å². The van der Waals surface area contributed by atoms with Crippen molar-refractivity contribution in [2.24, 2.45) is 0 Å². The minimum absolute atomic E-state index is 0.0800. The number of carbonyl (C=O) groups is 1. The quantitative estimate of drug-likeness (QED) is 0.264. The Hall–Kier alpha value is -4.30. The Balaban J connectivity index is 1.30. The van der Waals surface area contributed by atoms with Crippen molar-refractivity contribution in [1.29, 1.82) is 0 Å². The van der Waals surface area contributed by atoms with Gasteiger partial charge in [0, 0.05) is 23.4 Å². The van der Waals surface area contributed by atoms with Crippen LogP contribution in [0, 0.1) is 0 Å². The van der Waals surface area contributed by atoms with Gasteiger partial charge in [0.15, 0.2) is 0 Å². The molecule has 0 saturated carbocycles. The lowest BCUT2D eigenvalue weighted by Gasteiger charge is -2.11. The van der Waals surface area contributed by atoms with Crippen molar-refractivity contribution in [3.8, 4) is 11.5 Å². The van der Waals surface area contributed by atoms with Gasteiger partial charge in [0.25, 0.3) is 15.9 Å². The molecule has 0 aliphatic carbocycles. The van der Waals surface area contributed by atoms with Gasteiger partial charge in [0.1, 0.15) is 11.5 Å². The molecule has 0 heterocycles. The molecule has 4 aromatic rings. The predicted octanol–water partition coefficient (Wildman–Crippen LogP) is 5.76. The summed E-state index contributed by atoms with van der Waals surface area (Å²) in [6, 6.07) is 29.6. The molecule has 7 nitrogen and oxygen atoms in total. The van der Waals surface area contributed by atoms with Crippen LogP contribution >= 0.6 is 0 Å². The number of ether oxygens (including phenoxy) is 2. The highest BCUT2D eigenvalue weighted by Crippen LogP contribution is 2.21. The van der Waals surface area contributed by atoms with Gasteiger partial charge in [-0.2, -0.15) is 0 Å². The number of hydrogen-bond donors (Lipinski definition) is 2. The predicted molar refractivity (Wildman–Crippen MR) is 145 cm³/mol. The van der Waals surface area contributed by atoms with E-state index < -0.39 is 10.0 Å². The van der Waals surface area contributed by atoms with E-state index in [4.69, 9.17) is 9.47 Å². The lowest BCUT2D eigenvalue weighted by Crippen LogP contribution is -2.14. The van der Waals surface area contributed by atoms with Crippen LogP contribution in [-0.4, -0.2) is 27.5 Å². The molecule has 0 spiro atoms. The average Bonchev–Trinajstić information content (AvgIpc) is 2.91. The van der Waals surface area contributed by atoms with Crippen LogP contribution in [0.25, 0.3) is 0 Å². The van der Waals surface area contributed by atoms with Gasteiger partial charge >= 0.3 is 0 Å². The van der Waals surface area contributed by atoms with Crippen LogP contribution in [0.2, 0.25) is 0 Å². The maximum atomic E-state index is 12.7. The van der Waals surface area contributed by atoms with Gasteiger partial charge in [-0.15, -0.1) is 0 Å². The fraction of sp³-hybridized carbons (Fsp3) is 0.138. The fourth-order valence-corrected chi connectivity index (χ4v) is 4.61. The summed E-state index contributed by atoms with van der Waals surface area (Å²) in [5.74, 6) is 1.04. The first kappa shape index (κ1) is 25.8. The normalized spacial score (nSPS) is 10.9. The van der Waals surface area contributed by atoms with Crippen molar-refractivity contribution in [3.63, 3.8) is 0 Å². The molecule has 1 amide bonds. The summed E-state index contributed by atoms with van der Waals surface area (Å²) in [6.07, 6.45) is 0.796. The molecule has 0 radical (unpaired) electrons. The van der Waals surface area contributed by atoms with Gasteiger partial charge in [0.2, 0.25) is 0 Å². The zero-order chi connectivity index (χ0) is 26.1. The smallest absolute Gasteiger partial charge is 0.261 e. The van der Waals surface area contributed by atoms with E-state index in [-0.39, 0.29) is 10.8 Å². The zero-order valence-electron chi connectivity index (χ0n) is 20.4. The molecule has 4 aromatic carbocycles. The standard InChI is InChI=1S/C29H28N2O5S/c1-2-35-26-16-10-25(11-17-26)31-37(33,34)28-18-12-24(13-19-28)30-29(32)23-8-14-27(15-9-23)36-21-20-22-6-4-3-5-7-22/h3-19,31H,2,20-21H2,1H3,(H,30,32). The maximum absolute atomic E-state index is 12.7. The van der Waals surface area contributed by atoms with Gasteiger partial charge in [-0.3, -0.25) is 9.52 Å². The fourth-order valence-electron chi connectivity index (χ4n) is 3.55. The van der Waals surface area contributed by atoms with Gasteiger partial charge in [-0.1, -0.05) is 30.3 Å². The van der Waals surface area contributed by atoms with Crippen LogP contribution in [0.15, 0.2) is 108 Å². The van der Waals surface area contributed by atoms with Gasteiger partial charge in [0.05, 0.1) is 18.1 Å². The summed E-state index contributed by atoms with van der Waals surface area (Å²) in [5.41, 5.74) is 2.56. The first-order chi connectivity index (χ1) is 17.9. The second kappa shape index (κ2) is 12.1. The molecule has 0 unspecified atom stereocenters. The first-order valence-electron chi connectivity index (χ1n) is 11.9. The summed E-state index contributed by atoms with van der Waals surface area (Å²) < 4.78 is 39.1. The largest absolute Gasteiger partial charge is 0.494 e. The molecular weight excluding hydrogens is 488 g/mol. The molecule has 0 fully saturated rings. The molecule has 0 saturated heterocycles. The monoisotopic (exact) mass is 516 g/mol. The van der Waals surface area contributed by atoms with Crippen molar-refractivity contribution in [2.75, 3.05) is 23.3 Å². The Bertz CT molecular complexity index is 1400. The van der Waals surface area contributed by atoms with Crippen LogP contribution in [0.4, 0.5) is 11.4 Å². The molecule has 2 N–H and O–H groups in total. The Morgan fingerprint density at radius 2 is 1.32 bits per heavy atom. The van der Waals surface area contributed by atoms with E-state index in [1.165, 1.54) is 17.7 Å². The van der Waals surface area contributed by atoms with E-state index in [1.807, 2.05) is 25.1 Å². The minimum Gasteiger partial charge on any atom is -0.494 e. The number of nitrogens with one attached hydrogen (secondary N) is 2. The van der Waals surface area contributed by atoms with E-state index in [0.29, 0.717) is 41.7 Å². The number of sulfonamides is 1. The second-order valence-electron chi connectivity index (χ2n) is 8.15. The van der Waals surface area contributed by atoms with Gasteiger partial charge < -0.3 is 14.8 Å². The summed E-state index contributed by atoms with van der Waals surface area (Å²) in [5, 5.41) is 2.78. The molecule has 0 aliphatic rings. The molecule has 0 aliphatic heterocycles. The van der Waals surface area contributed by atoms with Crippen molar-refractivity contribution >= 4 is 27.3 Å². The van der Waals surface area contributed by atoms with Crippen molar-refractivity contribution in [3.05, 3.63) is 114 Å². The van der Waals surface area contributed by atoms with Crippen LogP contribution in [-0.2, 0) is 16.4 Å². The van der Waals surface area contributed by atoms with Crippen LogP contribution in [0.3, 0.4) is 0 Å². The second-order valence-corrected chi connectivity index (χ2v) is 9.83. The Morgan fingerprint density at radius 1 is 0.730 bits per heavy atom. The number of anilines is 2. The highest BCUT2D eigenvalue weighted by molar-refractivity contribution is 7.92. The zero-order valence-corrected chi connectivity index (χ0v) is 21.2. The Kier molecular flexibility index (Phi) is 8.43. The third-order valence-corrected chi connectivity index (χ3v) is 6.86. The average molecular weight is 517 g/mol. The summed E-state index contributed by atoms with van der Waals surface area (Å²) in [6.45, 7) is 2.95.